The maximum absolute atomic E-state index is 3.75. The van der Waals surface area contributed by atoms with Crippen molar-refractivity contribution in [1.82, 2.24) is 5.32 Å². The largest absolute Gasteiger partial charge is 0.316 e. The van der Waals surface area contributed by atoms with Crippen molar-refractivity contribution < 1.29 is 0 Å². The molecule has 20 heavy (non-hydrogen) atoms. The van der Waals surface area contributed by atoms with Gasteiger partial charge in [0.25, 0.3) is 0 Å². The fourth-order valence-electron chi connectivity index (χ4n) is 3.65. The standard InChI is InChI=1S/C19H31N/c1-4-5-12-19(15-20-14-16(2)3)13-8-10-17-9-6-7-11-18(17)19/h6-7,9,11,16,20H,4-5,8,10,12-15H2,1-3H3. The van der Waals surface area contributed by atoms with Crippen molar-refractivity contribution in [3.05, 3.63) is 35.4 Å². The molecule has 1 atom stereocenters. The molecular formula is C19H31N. The highest BCUT2D eigenvalue weighted by Gasteiger charge is 2.35. The van der Waals surface area contributed by atoms with Gasteiger partial charge in [0.15, 0.2) is 0 Å². The lowest BCUT2D eigenvalue weighted by Gasteiger charge is -2.40. The summed E-state index contributed by atoms with van der Waals surface area (Å²) in [6, 6.07) is 9.17. The molecule has 0 fully saturated rings. The number of benzene rings is 1. The predicted molar refractivity (Wildman–Crippen MR) is 88.3 cm³/mol. The lowest BCUT2D eigenvalue weighted by Crippen LogP contribution is -2.42. The molecule has 0 radical (unpaired) electrons. The number of unbranched alkanes of at least 4 members (excludes halogenated alkanes) is 1. The van der Waals surface area contributed by atoms with Crippen molar-refractivity contribution in [3.8, 4) is 0 Å². The molecule has 1 aromatic carbocycles. The molecule has 0 saturated heterocycles. The summed E-state index contributed by atoms with van der Waals surface area (Å²) in [4.78, 5) is 0. The van der Waals surface area contributed by atoms with Crippen molar-refractivity contribution >= 4 is 0 Å². The van der Waals surface area contributed by atoms with E-state index in [2.05, 4.69) is 50.4 Å². The minimum atomic E-state index is 0.389. The molecule has 0 amide bonds. The van der Waals surface area contributed by atoms with E-state index >= 15 is 0 Å². The Kier molecular flexibility index (Phi) is 5.65. The van der Waals surface area contributed by atoms with Gasteiger partial charge in [-0.15, -0.1) is 0 Å². The highest BCUT2D eigenvalue weighted by Crippen LogP contribution is 2.40. The normalized spacial score (nSPS) is 22.0. The molecule has 1 aliphatic carbocycles. The third-order valence-electron chi connectivity index (χ3n) is 4.72. The fraction of sp³-hybridized carbons (Fsp3) is 0.684. The van der Waals surface area contributed by atoms with Gasteiger partial charge >= 0.3 is 0 Å². The zero-order chi connectivity index (χ0) is 14.4. The maximum atomic E-state index is 3.75. The molecule has 0 aliphatic heterocycles. The molecule has 1 aromatic rings. The quantitative estimate of drug-likeness (QED) is 0.759. The van der Waals surface area contributed by atoms with E-state index < -0.39 is 0 Å². The Balaban J connectivity index is 2.18. The average Bonchev–Trinajstić information content (AvgIpc) is 2.45. The molecule has 0 aromatic heterocycles. The van der Waals surface area contributed by atoms with Gasteiger partial charge in [0.1, 0.15) is 0 Å². The third-order valence-corrected chi connectivity index (χ3v) is 4.72. The van der Waals surface area contributed by atoms with Crippen LogP contribution in [0.25, 0.3) is 0 Å². The van der Waals surface area contributed by atoms with Crippen LogP contribution in [-0.2, 0) is 11.8 Å². The number of hydrogen-bond acceptors (Lipinski definition) is 1. The Hall–Kier alpha value is -0.820. The second kappa shape index (κ2) is 7.26. The molecule has 0 bridgehead atoms. The Bertz CT molecular complexity index is 410. The Labute approximate surface area is 125 Å². The molecule has 1 nitrogen and oxygen atoms in total. The summed E-state index contributed by atoms with van der Waals surface area (Å²) in [5, 5.41) is 3.75. The van der Waals surface area contributed by atoms with Gasteiger partial charge in [0.2, 0.25) is 0 Å². The van der Waals surface area contributed by atoms with Crippen LogP contribution in [0.3, 0.4) is 0 Å². The van der Waals surface area contributed by atoms with Crippen molar-refractivity contribution in [2.75, 3.05) is 13.1 Å². The summed E-state index contributed by atoms with van der Waals surface area (Å²) in [6.07, 6.45) is 7.96. The summed E-state index contributed by atoms with van der Waals surface area (Å²) >= 11 is 0. The molecule has 0 saturated carbocycles. The van der Waals surface area contributed by atoms with Crippen LogP contribution in [-0.4, -0.2) is 13.1 Å². The van der Waals surface area contributed by atoms with Crippen LogP contribution in [0.4, 0.5) is 0 Å². The number of aryl methyl sites for hydroxylation is 1. The molecule has 0 spiro atoms. The lowest BCUT2D eigenvalue weighted by molar-refractivity contribution is 0.303. The first kappa shape index (κ1) is 15.6. The first-order chi connectivity index (χ1) is 9.68. The summed E-state index contributed by atoms with van der Waals surface area (Å²) in [6.45, 7) is 9.18. The van der Waals surface area contributed by atoms with Gasteiger partial charge in [-0.05, 0) is 49.3 Å². The van der Waals surface area contributed by atoms with Crippen LogP contribution in [0.1, 0.15) is 64.0 Å². The van der Waals surface area contributed by atoms with E-state index in [0.717, 1.165) is 19.0 Å². The summed E-state index contributed by atoms with van der Waals surface area (Å²) in [5.74, 6) is 0.733. The minimum Gasteiger partial charge on any atom is -0.316 e. The van der Waals surface area contributed by atoms with Crippen LogP contribution in [0.2, 0.25) is 0 Å². The topological polar surface area (TPSA) is 12.0 Å². The van der Waals surface area contributed by atoms with E-state index in [1.807, 2.05) is 0 Å². The van der Waals surface area contributed by atoms with Crippen LogP contribution < -0.4 is 5.32 Å². The Morgan fingerprint density at radius 3 is 2.80 bits per heavy atom. The van der Waals surface area contributed by atoms with E-state index in [4.69, 9.17) is 0 Å². The van der Waals surface area contributed by atoms with Crippen molar-refractivity contribution in [2.24, 2.45) is 5.92 Å². The number of hydrogen-bond donors (Lipinski definition) is 1. The fourth-order valence-corrected chi connectivity index (χ4v) is 3.65. The molecule has 1 aliphatic rings. The second-order valence-corrected chi connectivity index (χ2v) is 6.92. The maximum Gasteiger partial charge on any atom is 0.00806 e. The average molecular weight is 273 g/mol. The van der Waals surface area contributed by atoms with Crippen LogP contribution in [0.5, 0.6) is 0 Å². The second-order valence-electron chi connectivity index (χ2n) is 6.92. The predicted octanol–water partition coefficient (Wildman–Crippen LogP) is 4.70. The third kappa shape index (κ3) is 3.63. The molecule has 1 unspecified atom stereocenters. The zero-order valence-corrected chi connectivity index (χ0v) is 13.5. The van der Waals surface area contributed by atoms with Crippen molar-refractivity contribution in [3.63, 3.8) is 0 Å². The van der Waals surface area contributed by atoms with Gasteiger partial charge in [0.05, 0.1) is 0 Å². The van der Waals surface area contributed by atoms with Gasteiger partial charge in [-0.1, -0.05) is 57.9 Å². The van der Waals surface area contributed by atoms with Gasteiger partial charge in [0, 0.05) is 12.0 Å². The van der Waals surface area contributed by atoms with Crippen LogP contribution in [0.15, 0.2) is 24.3 Å². The highest BCUT2D eigenvalue weighted by molar-refractivity contribution is 5.37. The molecular weight excluding hydrogens is 242 g/mol. The van der Waals surface area contributed by atoms with Crippen LogP contribution in [0, 0.1) is 5.92 Å². The Morgan fingerprint density at radius 2 is 2.05 bits per heavy atom. The van der Waals surface area contributed by atoms with E-state index in [0.29, 0.717) is 5.41 Å². The molecule has 0 heterocycles. The number of nitrogens with one attached hydrogen (secondary N) is 1. The molecule has 112 valence electrons. The van der Waals surface area contributed by atoms with Gasteiger partial charge < -0.3 is 5.32 Å². The van der Waals surface area contributed by atoms with E-state index in [1.54, 1.807) is 11.1 Å². The lowest BCUT2D eigenvalue weighted by atomic mass is 9.67. The van der Waals surface area contributed by atoms with E-state index in [-0.39, 0.29) is 0 Å². The molecule has 2 rings (SSSR count). The zero-order valence-electron chi connectivity index (χ0n) is 13.5. The van der Waals surface area contributed by atoms with Crippen molar-refractivity contribution in [1.29, 1.82) is 0 Å². The first-order valence-corrected chi connectivity index (χ1v) is 8.47. The first-order valence-electron chi connectivity index (χ1n) is 8.47. The number of fused-ring (bicyclic) bond motifs is 1. The molecule has 1 heteroatoms. The number of rotatable bonds is 7. The SMILES string of the molecule is CCCCC1(CNCC(C)C)CCCc2ccccc21. The van der Waals surface area contributed by atoms with Gasteiger partial charge in [-0.3, -0.25) is 0 Å². The Morgan fingerprint density at radius 1 is 1.25 bits per heavy atom. The van der Waals surface area contributed by atoms with E-state index in [1.165, 1.54) is 38.5 Å². The highest BCUT2D eigenvalue weighted by atomic mass is 14.9. The summed E-state index contributed by atoms with van der Waals surface area (Å²) < 4.78 is 0. The summed E-state index contributed by atoms with van der Waals surface area (Å²) in [5.41, 5.74) is 3.62. The van der Waals surface area contributed by atoms with E-state index in [9.17, 15) is 0 Å². The summed E-state index contributed by atoms with van der Waals surface area (Å²) in [7, 11) is 0. The minimum absolute atomic E-state index is 0.389. The smallest absolute Gasteiger partial charge is 0.00806 e. The van der Waals surface area contributed by atoms with Gasteiger partial charge in [-0.25, -0.2) is 0 Å². The van der Waals surface area contributed by atoms with Gasteiger partial charge in [-0.2, -0.15) is 0 Å². The van der Waals surface area contributed by atoms with Crippen LogP contribution >= 0.6 is 0 Å². The molecule has 1 N–H and O–H groups in total. The monoisotopic (exact) mass is 273 g/mol. The van der Waals surface area contributed by atoms with Crippen molar-refractivity contribution in [2.45, 2.75) is 64.7 Å².